The Bertz CT molecular complexity index is 3140. The number of aryl methyl sites for hydroxylation is 1. The van der Waals surface area contributed by atoms with Crippen molar-refractivity contribution >= 4 is 63.5 Å². The molecule has 3 aliphatic rings. The third kappa shape index (κ3) is 10.2. The highest BCUT2D eigenvalue weighted by atomic mass is 35.5. The van der Waals surface area contributed by atoms with Crippen molar-refractivity contribution in [2.45, 2.75) is 111 Å². The van der Waals surface area contributed by atoms with E-state index in [4.69, 9.17) is 25.5 Å². The molecular weight excluding hydrogens is 982 g/mol. The standard InChI is InChI=1S/C55H60ClN9O8S/c1-29(31-10-12-32(13-11-31)44-30(2)60-28-74-44)61-47(68)41-19-36(66)25-65(41)49(70)45(53(3,4)5)62-48(69)43-18-33-14-16-38(21-42(33)73-43)71-39-26-64(27-39)52-58-23-35(24-59-52)46(67)63-50-54(6,7)51(55(50,8)9)72-37-17-15-34(22-57)40(56)20-37/h10-18,20-21,23-24,28-29,36,39,41,45,50-51,66H,19,25-27H2,1-9H3,(H,61,68)(H,62,69)(H,63,67)/t29-,36+,41-,45?,50-,51-/m0/s1. The second-order valence-corrected chi connectivity index (χ2v) is 23.1. The first-order valence-electron chi connectivity index (χ1n) is 24.6. The van der Waals surface area contributed by atoms with E-state index in [0.717, 1.165) is 21.7 Å². The number of fused-ring (bicyclic) bond motifs is 1. The van der Waals surface area contributed by atoms with Gasteiger partial charge in [0.05, 0.1) is 57.5 Å². The molecule has 5 heterocycles. The van der Waals surface area contributed by atoms with Gasteiger partial charge in [-0.1, -0.05) is 84.3 Å². The summed E-state index contributed by atoms with van der Waals surface area (Å²) in [5.41, 5.74) is 4.13. The average Bonchev–Trinajstić information content (AvgIpc) is 4.10. The minimum atomic E-state index is -1.06. The van der Waals surface area contributed by atoms with Crippen LogP contribution in [-0.2, 0) is 9.59 Å². The topological polar surface area (TPSA) is 225 Å². The molecule has 1 aliphatic carbocycles. The summed E-state index contributed by atoms with van der Waals surface area (Å²) in [6.07, 6.45) is 1.72. The summed E-state index contributed by atoms with van der Waals surface area (Å²) in [5.74, 6) is -0.254. The number of nitriles is 1. The predicted octanol–water partition coefficient (Wildman–Crippen LogP) is 8.04. The monoisotopic (exact) mass is 1040 g/mol. The highest BCUT2D eigenvalue weighted by Crippen LogP contribution is 2.55. The van der Waals surface area contributed by atoms with Crippen LogP contribution >= 0.6 is 22.9 Å². The largest absolute Gasteiger partial charge is 0.489 e. The van der Waals surface area contributed by atoms with Crippen LogP contribution in [0.15, 0.2) is 89.1 Å². The van der Waals surface area contributed by atoms with Crippen LogP contribution in [0.5, 0.6) is 11.5 Å². The summed E-state index contributed by atoms with van der Waals surface area (Å²) in [6.45, 7) is 18.4. The molecule has 3 aromatic carbocycles. The van der Waals surface area contributed by atoms with Crippen molar-refractivity contribution in [3.8, 4) is 28.0 Å². The first-order valence-corrected chi connectivity index (χ1v) is 25.8. The molecule has 1 unspecified atom stereocenters. The van der Waals surface area contributed by atoms with E-state index < -0.39 is 52.2 Å². The molecule has 2 saturated heterocycles. The first-order chi connectivity index (χ1) is 35.0. The predicted molar refractivity (Wildman–Crippen MR) is 280 cm³/mol. The Morgan fingerprint density at radius 2 is 1.58 bits per heavy atom. The summed E-state index contributed by atoms with van der Waals surface area (Å²) in [4.78, 5) is 73.2. The summed E-state index contributed by atoms with van der Waals surface area (Å²) < 4.78 is 18.6. The lowest BCUT2D eigenvalue weighted by Crippen LogP contribution is -2.74. The lowest BCUT2D eigenvalue weighted by molar-refractivity contribution is -0.164. The number of aliphatic hydroxyl groups is 1. The Morgan fingerprint density at radius 3 is 2.22 bits per heavy atom. The summed E-state index contributed by atoms with van der Waals surface area (Å²) >= 11 is 7.82. The molecule has 0 spiro atoms. The van der Waals surface area contributed by atoms with Crippen molar-refractivity contribution in [3.05, 3.63) is 118 Å². The van der Waals surface area contributed by atoms with Crippen molar-refractivity contribution in [2.75, 3.05) is 24.5 Å². The highest BCUT2D eigenvalue weighted by molar-refractivity contribution is 7.13. The summed E-state index contributed by atoms with van der Waals surface area (Å²) in [7, 11) is 0. The zero-order valence-electron chi connectivity index (χ0n) is 42.7. The number of halogens is 1. The molecule has 4 atom stereocenters. The van der Waals surface area contributed by atoms with Crippen molar-refractivity contribution in [1.82, 2.24) is 35.8 Å². The van der Waals surface area contributed by atoms with Gasteiger partial charge in [0.2, 0.25) is 17.8 Å². The van der Waals surface area contributed by atoms with Gasteiger partial charge in [-0.05, 0) is 60.7 Å². The number of thiazole rings is 1. The number of carbonyl (C=O) groups excluding carboxylic acids is 4. The van der Waals surface area contributed by atoms with Crippen LogP contribution in [0.4, 0.5) is 5.95 Å². The highest BCUT2D eigenvalue weighted by Gasteiger charge is 2.64. The fourth-order valence-electron chi connectivity index (χ4n) is 10.7. The van der Waals surface area contributed by atoms with Gasteiger partial charge in [-0.3, -0.25) is 19.2 Å². The van der Waals surface area contributed by atoms with Crippen LogP contribution in [0.25, 0.3) is 21.4 Å². The van der Waals surface area contributed by atoms with E-state index in [1.807, 2.05) is 97.0 Å². The third-order valence-electron chi connectivity index (χ3n) is 14.5. The molecule has 4 N–H and O–H groups in total. The van der Waals surface area contributed by atoms with Gasteiger partial charge in [0.1, 0.15) is 47.4 Å². The number of likely N-dealkylation sites (tertiary alicyclic amines) is 1. The van der Waals surface area contributed by atoms with Crippen LogP contribution in [-0.4, -0.2) is 105 Å². The van der Waals surface area contributed by atoms with E-state index in [-0.39, 0.29) is 48.9 Å². The lowest BCUT2D eigenvalue weighted by Gasteiger charge is -2.63. The van der Waals surface area contributed by atoms with Crippen LogP contribution < -0.4 is 30.3 Å². The van der Waals surface area contributed by atoms with E-state index >= 15 is 0 Å². The first kappa shape index (κ1) is 51.8. The number of rotatable bonds is 14. The molecule has 9 rings (SSSR count). The molecule has 0 bridgehead atoms. The number of hydrogen-bond donors (Lipinski definition) is 4. The van der Waals surface area contributed by atoms with Gasteiger partial charge in [-0.25, -0.2) is 15.0 Å². The zero-order valence-corrected chi connectivity index (χ0v) is 44.3. The number of carbonyl (C=O) groups is 4. The smallest absolute Gasteiger partial charge is 0.287 e. The Labute approximate surface area is 438 Å². The second kappa shape index (κ2) is 20.0. The van der Waals surface area contributed by atoms with E-state index in [9.17, 15) is 29.5 Å². The molecule has 17 nitrogen and oxygen atoms in total. The maximum absolute atomic E-state index is 14.4. The minimum absolute atomic E-state index is 0.00634. The number of nitrogens with one attached hydrogen (secondary N) is 3. The lowest BCUT2D eigenvalue weighted by atomic mass is 9.49. The molecule has 386 valence electrons. The minimum Gasteiger partial charge on any atom is -0.489 e. The SMILES string of the molecule is Cc1ncsc1-c1ccc([C@H](C)NC(=O)[C@@H]2C[C@@H](O)CN2C(=O)C(NC(=O)c2cc3ccc(OC4CN(c5ncc(C(=O)N[C@H]6C(C)(C)[C@H](Oc7ccc(C#N)c(Cl)c7)C6(C)C)cn5)C4)cc3o2)C(C)(C)C)cc1. The molecule has 2 aliphatic heterocycles. The second-order valence-electron chi connectivity index (χ2n) is 21.8. The van der Waals surface area contributed by atoms with Crippen LogP contribution in [0.3, 0.4) is 0 Å². The number of β-amino-alcohol motifs (C(OH)–C–C–N with tert-alkyl or cyclic N) is 1. The Morgan fingerprint density at radius 1 is 0.905 bits per heavy atom. The van der Waals surface area contributed by atoms with Crippen LogP contribution in [0.2, 0.25) is 5.02 Å². The molecule has 74 heavy (non-hydrogen) atoms. The summed E-state index contributed by atoms with van der Waals surface area (Å²) in [5, 5.41) is 30.0. The summed E-state index contributed by atoms with van der Waals surface area (Å²) in [6, 6.07) is 19.2. The van der Waals surface area contributed by atoms with Gasteiger partial charge in [-0.2, -0.15) is 5.26 Å². The van der Waals surface area contributed by atoms with Crippen molar-refractivity contribution < 1.29 is 38.2 Å². The Hall–Kier alpha value is -7.07. The van der Waals surface area contributed by atoms with E-state index in [1.54, 1.807) is 53.8 Å². The number of furan rings is 1. The quantitative estimate of drug-likeness (QED) is 0.0812. The Kier molecular flexibility index (Phi) is 14.0. The van der Waals surface area contributed by atoms with Gasteiger partial charge >= 0.3 is 0 Å². The molecule has 0 radical (unpaired) electrons. The van der Waals surface area contributed by atoms with Gasteiger partial charge in [0.25, 0.3) is 11.8 Å². The van der Waals surface area contributed by atoms with Gasteiger partial charge in [0.15, 0.2) is 5.76 Å². The maximum atomic E-state index is 14.4. The zero-order chi connectivity index (χ0) is 53.0. The van der Waals surface area contributed by atoms with Gasteiger partial charge < -0.3 is 44.7 Å². The number of amides is 4. The number of anilines is 1. The van der Waals surface area contributed by atoms with E-state index in [0.29, 0.717) is 57.7 Å². The van der Waals surface area contributed by atoms with Gasteiger partial charge in [0, 0.05) is 59.8 Å². The van der Waals surface area contributed by atoms with E-state index in [1.165, 1.54) is 17.3 Å². The number of nitrogens with zero attached hydrogens (tertiary/aromatic N) is 6. The maximum Gasteiger partial charge on any atom is 0.287 e. The van der Waals surface area contributed by atoms with Crippen LogP contribution in [0.1, 0.15) is 106 Å². The number of hydrogen-bond acceptors (Lipinski definition) is 14. The fraction of sp³-hybridized carbons (Fsp3) is 0.418. The molecule has 1 saturated carbocycles. The van der Waals surface area contributed by atoms with E-state index in [2.05, 4.69) is 37.0 Å². The molecular formula is C55H60ClN9O8S. The van der Waals surface area contributed by atoms with Crippen molar-refractivity contribution in [3.63, 3.8) is 0 Å². The molecule has 4 amide bonds. The Balaban J connectivity index is 0.771. The van der Waals surface area contributed by atoms with Crippen LogP contribution in [0, 0.1) is 34.5 Å². The third-order valence-corrected chi connectivity index (χ3v) is 15.8. The van der Waals surface area contributed by atoms with Crippen molar-refractivity contribution in [2.24, 2.45) is 16.2 Å². The number of aliphatic hydroxyl groups excluding tert-OH is 1. The number of ether oxygens (including phenoxy) is 2. The molecule has 3 aromatic heterocycles. The van der Waals surface area contributed by atoms with Crippen molar-refractivity contribution in [1.29, 1.82) is 5.26 Å². The molecule has 3 fully saturated rings. The van der Waals surface area contributed by atoms with Gasteiger partial charge in [-0.15, -0.1) is 11.3 Å². The normalized spacial score (nSPS) is 20.9. The average molecular weight is 1040 g/mol. The fourth-order valence-corrected chi connectivity index (χ4v) is 11.7. The molecule has 6 aromatic rings. The number of aromatic nitrogens is 3. The molecule has 19 heteroatoms. The number of benzene rings is 3.